The van der Waals surface area contributed by atoms with Gasteiger partial charge >= 0.3 is 0 Å². The maximum atomic E-state index is 12.2. The first kappa shape index (κ1) is 22.2. The van der Waals surface area contributed by atoms with Crippen LogP contribution in [0, 0.1) is 0 Å². The highest BCUT2D eigenvalue weighted by Crippen LogP contribution is 2.19. The van der Waals surface area contributed by atoms with Crippen LogP contribution in [0.4, 0.5) is 11.4 Å². The molecule has 0 bridgehead atoms. The zero-order chi connectivity index (χ0) is 21.9. The summed E-state index contributed by atoms with van der Waals surface area (Å²) in [5, 5.41) is 6.01. The molecular formula is C26H30N2O3. The summed E-state index contributed by atoms with van der Waals surface area (Å²) in [5.41, 5.74) is 2.90. The van der Waals surface area contributed by atoms with E-state index in [4.69, 9.17) is 9.47 Å². The second-order valence-electron chi connectivity index (χ2n) is 7.56. The summed E-state index contributed by atoms with van der Waals surface area (Å²) >= 11 is 0. The van der Waals surface area contributed by atoms with E-state index in [1.54, 1.807) is 0 Å². The number of carbonyl (C=O) groups is 1. The summed E-state index contributed by atoms with van der Waals surface area (Å²) < 4.78 is 11.5. The van der Waals surface area contributed by atoms with E-state index in [-0.39, 0.29) is 18.6 Å². The molecule has 0 aliphatic carbocycles. The molecule has 0 aliphatic heterocycles. The average Bonchev–Trinajstić information content (AvgIpc) is 2.77. The van der Waals surface area contributed by atoms with Crippen molar-refractivity contribution in [3.05, 3.63) is 84.4 Å². The zero-order valence-electron chi connectivity index (χ0n) is 18.1. The van der Waals surface area contributed by atoms with Crippen molar-refractivity contribution in [2.45, 2.75) is 32.8 Å². The molecule has 0 fully saturated rings. The van der Waals surface area contributed by atoms with Gasteiger partial charge in [0.25, 0.3) is 0 Å². The van der Waals surface area contributed by atoms with E-state index in [9.17, 15) is 4.79 Å². The van der Waals surface area contributed by atoms with E-state index in [0.717, 1.165) is 30.0 Å². The van der Waals surface area contributed by atoms with Crippen LogP contribution in [-0.4, -0.2) is 25.2 Å². The fourth-order valence-electron chi connectivity index (χ4n) is 3.09. The van der Waals surface area contributed by atoms with Crippen LogP contribution < -0.4 is 20.1 Å². The third kappa shape index (κ3) is 8.05. The Morgan fingerprint density at radius 2 is 1.65 bits per heavy atom. The molecule has 31 heavy (non-hydrogen) atoms. The Morgan fingerprint density at radius 3 is 2.39 bits per heavy atom. The first-order chi connectivity index (χ1) is 15.1. The standard InChI is InChI=1S/C26H30N2O3/c1-20(2)31-25-12-6-11-23(18-25)28-26(29)19-27-22-13-15-24(16-14-22)30-17-7-10-21-8-4-3-5-9-21/h3-6,8-9,11-16,18,20,27H,7,10,17,19H2,1-2H3,(H,28,29). The number of nitrogens with one attached hydrogen (secondary N) is 2. The molecule has 1 amide bonds. The van der Waals surface area contributed by atoms with Gasteiger partial charge in [-0.05, 0) is 68.7 Å². The second kappa shape index (κ2) is 11.6. The van der Waals surface area contributed by atoms with Crippen molar-refractivity contribution in [2.75, 3.05) is 23.8 Å². The molecule has 3 aromatic carbocycles. The van der Waals surface area contributed by atoms with Gasteiger partial charge in [-0.3, -0.25) is 4.79 Å². The number of carbonyl (C=O) groups excluding carboxylic acids is 1. The highest BCUT2D eigenvalue weighted by atomic mass is 16.5. The molecule has 3 rings (SSSR count). The van der Waals surface area contributed by atoms with Crippen molar-refractivity contribution in [3.8, 4) is 11.5 Å². The molecule has 2 N–H and O–H groups in total. The number of hydrogen-bond acceptors (Lipinski definition) is 4. The predicted octanol–water partition coefficient (Wildman–Crippen LogP) is 5.54. The largest absolute Gasteiger partial charge is 0.494 e. The Bertz CT molecular complexity index is 940. The van der Waals surface area contributed by atoms with Crippen LogP contribution >= 0.6 is 0 Å². The molecule has 0 heterocycles. The Balaban J connectivity index is 1.38. The van der Waals surface area contributed by atoms with Gasteiger partial charge in [-0.15, -0.1) is 0 Å². The van der Waals surface area contributed by atoms with Crippen LogP contribution in [0.5, 0.6) is 11.5 Å². The zero-order valence-corrected chi connectivity index (χ0v) is 18.1. The van der Waals surface area contributed by atoms with E-state index >= 15 is 0 Å². The number of rotatable bonds is 11. The minimum Gasteiger partial charge on any atom is -0.494 e. The monoisotopic (exact) mass is 418 g/mol. The van der Waals surface area contributed by atoms with Crippen molar-refractivity contribution in [1.82, 2.24) is 0 Å². The topological polar surface area (TPSA) is 59.6 Å². The summed E-state index contributed by atoms with van der Waals surface area (Å²) in [6, 6.07) is 25.5. The third-order valence-corrected chi connectivity index (χ3v) is 4.52. The first-order valence-electron chi connectivity index (χ1n) is 10.7. The molecule has 162 valence electrons. The number of anilines is 2. The number of amides is 1. The number of ether oxygens (including phenoxy) is 2. The Morgan fingerprint density at radius 1 is 0.871 bits per heavy atom. The van der Waals surface area contributed by atoms with Gasteiger partial charge in [-0.25, -0.2) is 0 Å². The average molecular weight is 419 g/mol. The predicted molar refractivity (Wildman–Crippen MR) is 126 cm³/mol. The fourth-order valence-corrected chi connectivity index (χ4v) is 3.09. The van der Waals surface area contributed by atoms with E-state index in [1.807, 2.05) is 68.4 Å². The van der Waals surface area contributed by atoms with Crippen molar-refractivity contribution in [3.63, 3.8) is 0 Å². The fraction of sp³-hybridized carbons (Fsp3) is 0.269. The highest BCUT2D eigenvalue weighted by molar-refractivity contribution is 5.93. The minimum atomic E-state index is -0.122. The Hall–Kier alpha value is -3.47. The summed E-state index contributed by atoms with van der Waals surface area (Å²) in [7, 11) is 0. The van der Waals surface area contributed by atoms with Crippen LogP contribution in [0.2, 0.25) is 0 Å². The summed E-state index contributed by atoms with van der Waals surface area (Å²) in [4.78, 5) is 12.2. The molecule has 0 atom stereocenters. The number of benzene rings is 3. The van der Waals surface area contributed by atoms with Gasteiger partial charge in [-0.1, -0.05) is 36.4 Å². The summed E-state index contributed by atoms with van der Waals surface area (Å²) in [6.07, 6.45) is 2.05. The smallest absolute Gasteiger partial charge is 0.243 e. The minimum absolute atomic E-state index is 0.0865. The molecule has 0 spiro atoms. The Kier molecular flexibility index (Phi) is 8.35. The SMILES string of the molecule is CC(C)Oc1cccc(NC(=O)CNc2ccc(OCCCc3ccccc3)cc2)c1. The van der Waals surface area contributed by atoms with Gasteiger partial charge in [0.05, 0.1) is 19.3 Å². The summed E-state index contributed by atoms with van der Waals surface area (Å²) in [5.74, 6) is 1.44. The quantitative estimate of drug-likeness (QED) is 0.402. The van der Waals surface area contributed by atoms with Crippen molar-refractivity contribution >= 4 is 17.3 Å². The molecule has 0 saturated carbocycles. The maximum absolute atomic E-state index is 12.2. The van der Waals surface area contributed by atoms with E-state index < -0.39 is 0 Å². The van der Waals surface area contributed by atoms with E-state index in [0.29, 0.717) is 12.3 Å². The molecule has 3 aromatic rings. The lowest BCUT2D eigenvalue weighted by Crippen LogP contribution is -2.21. The lowest BCUT2D eigenvalue weighted by molar-refractivity contribution is -0.114. The number of hydrogen-bond donors (Lipinski definition) is 2. The molecule has 0 aromatic heterocycles. The van der Waals surface area contributed by atoms with Crippen LogP contribution in [0.3, 0.4) is 0 Å². The van der Waals surface area contributed by atoms with Crippen LogP contribution in [0.1, 0.15) is 25.8 Å². The lowest BCUT2D eigenvalue weighted by Gasteiger charge is -2.12. The van der Waals surface area contributed by atoms with Crippen LogP contribution in [0.25, 0.3) is 0 Å². The molecule has 0 radical (unpaired) electrons. The molecule has 0 aliphatic rings. The van der Waals surface area contributed by atoms with Crippen molar-refractivity contribution in [1.29, 1.82) is 0 Å². The highest BCUT2D eigenvalue weighted by Gasteiger charge is 2.05. The van der Waals surface area contributed by atoms with Gasteiger partial charge in [0.15, 0.2) is 0 Å². The van der Waals surface area contributed by atoms with E-state index in [2.05, 4.69) is 34.9 Å². The molecule has 0 saturated heterocycles. The maximum Gasteiger partial charge on any atom is 0.243 e. The first-order valence-corrected chi connectivity index (χ1v) is 10.7. The Labute approximate surface area is 184 Å². The van der Waals surface area contributed by atoms with Crippen LogP contribution in [-0.2, 0) is 11.2 Å². The molecular weight excluding hydrogens is 388 g/mol. The normalized spacial score (nSPS) is 10.5. The van der Waals surface area contributed by atoms with E-state index in [1.165, 1.54) is 5.56 Å². The number of aryl methyl sites for hydroxylation is 1. The van der Waals surface area contributed by atoms with Gasteiger partial charge in [-0.2, -0.15) is 0 Å². The second-order valence-corrected chi connectivity index (χ2v) is 7.56. The van der Waals surface area contributed by atoms with Gasteiger partial charge in [0.1, 0.15) is 11.5 Å². The van der Waals surface area contributed by atoms with Crippen LogP contribution in [0.15, 0.2) is 78.9 Å². The molecule has 5 nitrogen and oxygen atoms in total. The third-order valence-electron chi connectivity index (χ3n) is 4.52. The molecule has 5 heteroatoms. The summed E-state index contributed by atoms with van der Waals surface area (Å²) in [6.45, 7) is 4.78. The van der Waals surface area contributed by atoms with Gasteiger partial charge < -0.3 is 20.1 Å². The lowest BCUT2D eigenvalue weighted by atomic mass is 10.1. The van der Waals surface area contributed by atoms with Gasteiger partial charge in [0, 0.05) is 17.4 Å². The molecule has 0 unspecified atom stereocenters. The van der Waals surface area contributed by atoms with Crippen molar-refractivity contribution < 1.29 is 14.3 Å². The van der Waals surface area contributed by atoms with Crippen molar-refractivity contribution in [2.24, 2.45) is 0 Å². The van der Waals surface area contributed by atoms with Gasteiger partial charge in [0.2, 0.25) is 5.91 Å².